The van der Waals surface area contributed by atoms with E-state index >= 15 is 0 Å². The van der Waals surface area contributed by atoms with Crippen LogP contribution in [0.1, 0.15) is 0 Å². The third-order valence-corrected chi connectivity index (χ3v) is 4.56. The maximum absolute atomic E-state index is 4.19. The summed E-state index contributed by atoms with van der Waals surface area (Å²) in [5.74, 6) is 0. The van der Waals surface area contributed by atoms with E-state index in [4.69, 9.17) is 0 Å². The molecule has 4 heteroatoms. The first-order chi connectivity index (χ1) is 4.93. The second-order valence-corrected chi connectivity index (χ2v) is 9.54. The summed E-state index contributed by atoms with van der Waals surface area (Å²) < 4.78 is 3.12. The highest BCUT2D eigenvalue weighted by molar-refractivity contribution is 9.10. The van der Waals surface area contributed by atoms with E-state index in [0.717, 1.165) is 4.47 Å². The Morgan fingerprint density at radius 3 is 2.18 bits per heavy atom. The van der Waals surface area contributed by atoms with Gasteiger partial charge < -0.3 is 0 Å². The van der Waals surface area contributed by atoms with Crippen LogP contribution in [0.15, 0.2) is 10.7 Å². The Bertz CT molecular complexity index is 242. The zero-order valence-corrected chi connectivity index (χ0v) is 9.94. The van der Waals surface area contributed by atoms with Gasteiger partial charge in [-0.3, -0.25) is 4.68 Å². The standard InChI is InChI=1S/C7H13BrN2Si/c1-10-7(11(2,3)4)6(8)5-9-10/h5H,1-4H3. The van der Waals surface area contributed by atoms with Crippen molar-refractivity contribution >= 4 is 29.3 Å². The zero-order chi connectivity index (χ0) is 8.65. The van der Waals surface area contributed by atoms with Gasteiger partial charge in [0.25, 0.3) is 0 Å². The maximum Gasteiger partial charge on any atom is 0.102 e. The second kappa shape index (κ2) is 2.75. The van der Waals surface area contributed by atoms with Crippen LogP contribution in [-0.4, -0.2) is 17.9 Å². The summed E-state index contributed by atoms with van der Waals surface area (Å²) >= 11 is 3.50. The van der Waals surface area contributed by atoms with Gasteiger partial charge in [-0.2, -0.15) is 5.10 Å². The van der Waals surface area contributed by atoms with Gasteiger partial charge >= 0.3 is 0 Å². The SMILES string of the molecule is Cn1ncc(Br)c1[Si](C)(C)C. The van der Waals surface area contributed by atoms with Crippen molar-refractivity contribution in [3.63, 3.8) is 0 Å². The van der Waals surface area contributed by atoms with E-state index in [1.165, 1.54) is 5.32 Å². The molecule has 62 valence electrons. The molecule has 0 spiro atoms. The highest BCUT2D eigenvalue weighted by atomic mass is 79.9. The van der Waals surface area contributed by atoms with Gasteiger partial charge in [-0.25, -0.2) is 0 Å². The zero-order valence-electron chi connectivity index (χ0n) is 7.35. The number of halogens is 1. The van der Waals surface area contributed by atoms with Gasteiger partial charge in [-0.15, -0.1) is 0 Å². The highest BCUT2D eigenvalue weighted by Gasteiger charge is 2.23. The normalized spacial score (nSPS) is 12.1. The van der Waals surface area contributed by atoms with Gasteiger partial charge in [0.1, 0.15) is 8.07 Å². The number of nitrogens with zero attached hydrogens (tertiary/aromatic N) is 2. The Balaban J connectivity index is 3.21. The van der Waals surface area contributed by atoms with Gasteiger partial charge in [-0.1, -0.05) is 19.6 Å². The van der Waals surface area contributed by atoms with Crippen LogP contribution in [0, 0.1) is 0 Å². The predicted octanol–water partition coefficient (Wildman–Crippen LogP) is 1.73. The van der Waals surface area contributed by atoms with Crippen molar-refractivity contribution in [3.8, 4) is 0 Å². The van der Waals surface area contributed by atoms with E-state index in [1.807, 2.05) is 17.9 Å². The molecule has 0 unspecified atom stereocenters. The Kier molecular flexibility index (Phi) is 2.25. The molecule has 0 aliphatic carbocycles. The summed E-state index contributed by atoms with van der Waals surface area (Å²) in [5, 5.41) is 5.56. The lowest BCUT2D eigenvalue weighted by Crippen LogP contribution is -2.43. The Labute approximate surface area is 76.7 Å². The molecule has 0 aliphatic heterocycles. The van der Waals surface area contributed by atoms with Crippen LogP contribution in [0.25, 0.3) is 0 Å². The third-order valence-electron chi connectivity index (χ3n) is 1.60. The van der Waals surface area contributed by atoms with Crippen molar-refractivity contribution in [1.82, 2.24) is 9.78 Å². The van der Waals surface area contributed by atoms with Gasteiger partial charge in [0, 0.05) is 12.4 Å². The van der Waals surface area contributed by atoms with E-state index < -0.39 is 8.07 Å². The number of hydrogen-bond acceptors (Lipinski definition) is 1. The Hall–Kier alpha value is -0.0931. The van der Waals surface area contributed by atoms with Crippen LogP contribution >= 0.6 is 15.9 Å². The lowest BCUT2D eigenvalue weighted by molar-refractivity contribution is 0.786. The molecule has 1 rings (SSSR count). The maximum atomic E-state index is 4.19. The smallest absolute Gasteiger partial charge is 0.102 e. The topological polar surface area (TPSA) is 17.8 Å². The van der Waals surface area contributed by atoms with Crippen LogP contribution in [0.3, 0.4) is 0 Å². The molecule has 11 heavy (non-hydrogen) atoms. The van der Waals surface area contributed by atoms with Crippen LogP contribution in [-0.2, 0) is 7.05 Å². The lowest BCUT2D eigenvalue weighted by Gasteiger charge is -2.16. The van der Waals surface area contributed by atoms with Crippen molar-refractivity contribution in [2.45, 2.75) is 19.6 Å². The largest absolute Gasteiger partial charge is 0.276 e. The first-order valence-electron chi connectivity index (χ1n) is 3.61. The van der Waals surface area contributed by atoms with Crippen LogP contribution < -0.4 is 5.32 Å². The number of aryl methyl sites for hydroxylation is 1. The van der Waals surface area contributed by atoms with Gasteiger partial charge in [-0.05, 0) is 15.9 Å². The molecule has 2 nitrogen and oxygen atoms in total. The molecule has 1 heterocycles. The average molecular weight is 233 g/mol. The fraction of sp³-hybridized carbons (Fsp3) is 0.571. The molecular weight excluding hydrogens is 220 g/mol. The van der Waals surface area contributed by atoms with E-state index in [2.05, 4.69) is 40.7 Å². The summed E-state index contributed by atoms with van der Waals surface area (Å²) in [6, 6.07) is 0. The highest BCUT2D eigenvalue weighted by Crippen LogP contribution is 2.11. The van der Waals surface area contributed by atoms with Crippen molar-refractivity contribution in [3.05, 3.63) is 10.7 Å². The van der Waals surface area contributed by atoms with Crippen molar-refractivity contribution in [2.24, 2.45) is 7.05 Å². The molecule has 0 amide bonds. The van der Waals surface area contributed by atoms with Crippen molar-refractivity contribution in [2.75, 3.05) is 0 Å². The number of aromatic nitrogens is 2. The van der Waals surface area contributed by atoms with Gasteiger partial charge in [0.15, 0.2) is 0 Å². The molecule has 0 bridgehead atoms. The monoisotopic (exact) mass is 232 g/mol. The lowest BCUT2D eigenvalue weighted by atomic mass is 10.7. The molecule has 0 saturated carbocycles. The van der Waals surface area contributed by atoms with E-state index in [-0.39, 0.29) is 0 Å². The molecule has 0 radical (unpaired) electrons. The van der Waals surface area contributed by atoms with E-state index in [1.54, 1.807) is 0 Å². The molecule has 0 aliphatic rings. The predicted molar refractivity (Wildman–Crippen MR) is 53.9 cm³/mol. The van der Waals surface area contributed by atoms with Crippen LogP contribution in [0.4, 0.5) is 0 Å². The fourth-order valence-corrected chi connectivity index (χ4v) is 5.20. The average Bonchev–Trinajstić information content (AvgIpc) is 2.08. The molecule has 0 saturated heterocycles. The fourth-order valence-electron chi connectivity index (χ4n) is 1.25. The molecule has 0 N–H and O–H groups in total. The summed E-state index contributed by atoms with van der Waals surface area (Å²) in [6.45, 7) is 6.94. The number of rotatable bonds is 1. The van der Waals surface area contributed by atoms with Gasteiger partial charge in [0.2, 0.25) is 0 Å². The summed E-state index contributed by atoms with van der Waals surface area (Å²) in [5.41, 5.74) is 0. The van der Waals surface area contributed by atoms with Crippen LogP contribution in [0.2, 0.25) is 19.6 Å². The third kappa shape index (κ3) is 1.73. The first-order valence-corrected chi connectivity index (χ1v) is 7.90. The van der Waals surface area contributed by atoms with Crippen molar-refractivity contribution in [1.29, 1.82) is 0 Å². The number of hydrogen-bond donors (Lipinski definition) is 0. The van der Waals surface area contributed by atoms with Crippen molar-refractivity contribution < 1.29 is 0 Å². The van der Waals surface area contributed by atoms with Gasteiger partial charge in [0.05, 0.1) is 10.7 Å². The second-order valence-electron chi connectivity index (χ2n) is 3.71. The summed E-state index contributed by atoms with van der Waals surface area (Å²) in [4.78, 5) is 0. The first kappa shape index (κ1) is 9.00. The quantitative estimate of drug-likeness (QED) is 0.675. The molecule has 1 aromatic rings. The molecule has 0 atom stereocenters. The minimum Gasteiger partial charge on any atom is -0.276 e. The molecular formula is C7H13BrN2Si. The minimum absolute atomic E-state index is 1.15. The molecule has 1 aromatic heterocycles. The van der Waals surface area contributed by atoms with E-state index in [0.29, 0.717) is 0 Å². The summed E-state index contributed by atoms with van der Waals surface area (Å²) in [7, 11) is 0.782. The van der Waals surface area contributed by atoms with E-state index in [9.17, 15) is 0 Å². The Morgan fingerprint density at radius 2 is 2.00 bits per heavy atom. The Morgan fingerprint density at radius 1 is 1.45 bits per heavy atom. The summed E-state index contributed by atoms with van der Waals surface area (Å²) in [6.07, 6.45) is 1.87. The molecule has 0 aromatic carbocycles. The molecule has 0 fully saturated rings. The van der Waals surface area contributed by atoms with Crippen LogP contribution in [0.5, 0.6) is 0 Å². The minimum atomic E-state index is -1.22.